The van der Waals surface area contributed by atoms with Gasteiger partial charge in [0.1, 0.15) is 9.88 Å². The van der Waals surface area contributed by atoms with Gasteiger partial charge in [-0.05, 0) is 11.6 Å². The molecule has 0 aliphatic carbocycles. The molecule has 2 aromatic heterocycles. The Morgan fingerprint density at radius 3 is 2.65 bits per heavy atom. The van der Waals surface area contributed by atoms with Crippen molar-refractivity contribution in [1.82, 2.24) is 15.3 Å². The first-order valence-corrected chi connectivity index (χ1v) is 7.86. The zero-order chi connectivity index (χ0) is 16.1. The number of nitrogens with one attached hydrogen (secondary N) is 1. The van der Waals surface area contributed by atoms with Crippen LogP contribution in [-0.4, -0.2) is 23.0 Å². The molecule has 0 aliphatic heterocycles. The predicted octanol–water partition coefficient (Wildman–Crippen LogP) is 3.14. The molecule has 0 fully saturated rings. The number of rotatable bonds is 5. The number of carbonyl (C=O) groups is 1. The van der Waals surface area contributed by atoms with Gasteiger partial charge < -0.3 is 10.1 Å². The molecular formula is C17H15N3O2S. The molecule has 0 saturated carbocycles. The van der Waals surface area contributed by atoms with E-state index in [1.807, 2.05) is 36.4 Å². The summed E-state index contributed by atoms with van der Waals surface area (Å²) in [5, 5.41) is 3.65. The second-order valence-corrected chi connectivity index (χ2v) is 5.82. The van der Waals surface area contributed by atoms with Gasteiger partial charge in [0, 0.05) is 24.4 Å². The highest BCUT2D eigenvalue weighted by atomic mass is 32.1. The Bertz CT molecular complexity index is 785. The van der Waals surface area contributed by atoms with E-state index >= 15 is 0 Å². The molecule has 0 aliphatic rings. The van der Waals surface area contributed by atoms with Crippen molar-refractivity contribution in [3.05, 3.63) is 65.3 Å². The fraction of sp³-hybridized carbons (Fsp3) is 0.118. The van der Waals surface area contributed by atoms with Gasteiger partial charge in [0.05, 0.1) is 13.3 Å². The molecule has 0 radical (unpaired) electrons. The van der Waals surface area contributed by atoms with Gasteiger partial charge in [-0.3, -0.25) is 4.79 Å². The average Bonchev–Trinajstić information content (AvgIpc) is 3.11. The number of hydrogen-bond donors (Lipinski definition) is 1. The first-order chi connectivity index (χ1) is 11.3. The van der Waals surface area contributed by atoms with Crippen LogP contribution >= 0.6 is 11.3 Å². The number of aromatic nitrogens is 2. The summed E-state index contributed by atoms with van der Waals surface area (Å²) in [5.74, 6) is 0.421. The van der Waals surface area contributed by atoms with Crippen molar-refractivity contribution >= 4 is 17.2 Å². The lowest BCUT2D eigenvalue weighted by Crippen LogP contribution is -2.21. The number of ether oxygens (including phenoxy) is 1. The maximum Gasteiger partial charge on any atom is 0.263 e. The molecular weight excluding hydrogens is 310 g/mol. The van der Waals surface area contributed by atoms with Crippen molar-refractivity contribution in [2.24, 2.45) is 0 Å². The van der Waals surface area contributed by atoms with Crippen molar-refractivity contribution < 1.29 is 9.53 Å². The Labute approximate surface area is 138 Å². The zero-order valence-corrected chi connectivity index (χ0v) is 13.3. The Hall–Kier alpha value is -2.73. The van der Waals surface area contributed by atoms with E-state index in [1.54, 1.807) is 25.6 Å². The molecule has 0 saturated heterocycles. The number of methoxy groups -OCH3 is 1. The van der Waals surface area contributed by atoms with E-state index < -0.39 is 0 Å². The number of benzene rings is 1. The minimum atomic E-state index is -0.126. The van der Waals surface area contributed by atoms with Crippen molar-refractivity contribution in [2.75, 3.05) is 7.11 Å². The minimum absolute atomic E-state index is 0.126. The van der Waals surface area contributed by atoms with E-state index in [4.69, 9.17) is 4.74 Å². The normalized spacial score (nSPS) is 10.3. The van der Waals surface area contributed by atoms with Crippen LogP contribution in [0.4, 0.5) is 0 Å². The third-order valence-electron chi connectivity index (χ3n) is 3.22. The first kappa shape index (κ1) is 15.2. The Kier molecular flexibility index (Phi) is 4.63. The molecule has 1 amide bonds. The second kappa shape index (κ2) is 7.02. The fourth-order valence-corrected chi connectivity index (χ4v) is 2.83. The molecule has 0 bridgehead atoms. The van der Waals surface area contributed by atoms with Crippen LogP contribution in [0.25, 0.3) is 10.6 Å². The molecule has 0 atom stereocenters. The third kappa shape index (κ3) is 3.73. The highest BCUT2D eigenvalue weighted by Crippen LogP contribution is 2.25. The van der Waals surface area contributed by atoms with E-state index in [2.05, 4.69) is 15.3 Å². The number of pyridine rings is 1. The molecule has 6 heteroatoms. The van der Waals surface area contributed by atoms with Crippen LogP contribution in [0.15, 0.2) is 54.9 Å². The summed E-state index contributed by atoms with van der Waals surface area (Å²) in [7, 11) is 1.57. The summed E-state index contributed by atoms with van der Waals surface area (Å²) in [4.78, 5) is 21.2. The number of thiazole rings is 1. The van der Waals surface area contributed by atoms with Gasteiger partial charge in [-0.25, -0.2) is 9.97 Å². The largest absolute Gasteiger partial charge is 0.481 e. The second-order valence-electron chi connectivity index (χ2n) is 4.79. The molecule has 116 valence electrons. The van der Waals surface area contributed by atoms with Crippen LogP contribution in [0.2, 0.25) is 0 Å². The van der Waals surface area contributed by atoms with Crippen molar-refractivity contribution in [2.45, 2.75) is 6.54 Å². The number of nitrogens with zero attached hydrogens (tertiary/aromatic N) is 2. The summed E-state index contributed by atoms with van der Waals surface area (Å²) < 4.78 is 5.03. The molecule has 1 aromatic carbocycles. The van der Waals surface area contributed by atoms with Crippen LogP contribution < -0.4 is 10.1 Å². The molecule has 0 spiro atoms. The average molecular weight is 325 g/mol. The van der Waals surface area contributed by atoms with E-state index in [1.165, 1.54) is 11.3 Å². The lowest BCUT2D eigenvalue weighted by atomic mass is 10.2. The first-order valence-electron chi connectivity index (χ1n) is 7.04. The van der Waals surface area contributed by atoms with E-state index in [9.17, 15) is 4.79 Å². The van der Waals surface area contributed by atoms with Crippen molar-refractivity contribution in [3.8, 4) is 16.5 Å². The molecule has 2 heterocycles. The number of carbonyl (C=O) groups excluding carboxylic acids is 1. The van der Waals surface area contributed by atoms with Crippen molar-refractivity contribution in [3.63, 3.8) is 0 Å². The lowest BCUT2D eigenvalue weighted by molar-refractivity contribution is 0.0955. The van der Waals surface area contributed by atoms with Crippen LogP contribution in [0.3, 0.4) is 0 Å². The van der Waals surface area contributed by atoms with E-state index in [-0.39, 0.29) is 5.91 Å². The van der Waals surface area contributed by atoms with Gasteiger partial charge >= 0.3 is 0 Å². The molecule has 0 unspecified atom stereocenters. The smallest absolute Gasteiger partial charge is 0.263 e. The standard InChI is InChI=1S/C17H15N3O2S/c1-22-15-8-7-13(10-18-15)17-20-11-14(23-17)16(21)19-9-12-5-3-2-4-6-12/h2-8,10-11H,9H2,1H3,(H,19,21). The van der Waals surface area contributed by atoms with Crippen molar-refractivity contribution in [1.29, 1.82) is 0 Å². The summed E-state index contributed by atoms with van der Waals surface area (Å²) in [6.45, 7) is 0.497. The summed E-state index contributed by atoms with van der Waals surface area (Å²) in [5.41, 5.74) is 1.92. The molecule has 3 rings (SSSR count). The number of amides is 1. The monoisotopic (exact) mass is 325 g/mol. The van der Waals surface area contributed by atoms with Gasteiger partial charge in [-0.2, -0.15) is 0 Å². The highest BCUT2D eigenvalue weighted by molar-refractivity contribution is 7.16. The van der Waals surface area contributed by atoms with Gasteiger partial charge in [-0.15, -0.1) is 11.3 Å². The third-order valence-corrected chi connectivity index (χ3v) is 4.26. The zero-order valence-electron chi connectivity index (χ0n) is 12.5. The molecule has 5 nitrogen and oxygen atoms in total. The van der Waals surface area contributed by atoms with Gasteiger partial charge in [0.2, 0.25) is 5.88 Å². The van der Waals surface area contributed by atoms with Gasteiger partial charge in [0.25, 0.3) is 5.91 Å². The highest BCUT2D eigenvalue weighted by Gasteiger charge is 2.12. The Morgan fingerprint density at radius 1 is 1.13 bits per heavy atom. The topological polar surface area (TPSA) is 64.1 Å². The predicted molar refractivity (Wildman–Crippen MR) is 89.5 cm³/mol. The maximum absolute atomic E-state index is 12.2. The minimum Gasteiger partial charge on any atom is -0.481 e. The summed E-state index contributed by atoms with van der Waals surface area (Å²) in [6.07, 6.45) is 3.27. The quantitative estimate of drug-likeness (QED) is 0.783. The Morgan fingerprint density at radius 2 is 1.96 bits per heavy atom. The fourth-order valence-electron chi connectivity index (χ4n) is 2.01. The molecule has 3 aromatic rings. The molecule has 1 N–H and O–H groups in total. The van der Waals surface area contributed by atoms with Gasteiger partial charge in [0.15, 0.2) is 0 Å². The van der Waals surface area contributed by atoms with Crippen LogP contribution in [0.1, 0.15) is 15.2 Å². The van der Waals surface area contributed by atoms with E-state index in [0.717, 1.165) is 16.1 Å². The lowest BCUT2D eigenvalue weighted by Gasteiger charge is -2.02. The summed E-state index contributed by atoms with van der Waals surface area (Å²) >= 11 is 1.34. The maximum atomic E-state index is 12.2. The van der Waals surface area contributed by atoms with Gasteiger partial charge in [-0.1, -0.05) is 30.3 Å². The Balaban J connectivity index is 1.67. The van der Waals surface area contributed by atoms with E-state index in [0.29, 0.717) is 17.3 Å². The van der Waals surface area contributed by atoms with Crippen LogP contribution in [-0.2, 0) is 6.54 Å². The van der Waals surface area contributed by atoms with Crippen LogP contribution in [0.5, 0.6) is 5.88 Å². The molecule has 23 heavy (non-hydrogen) atoms. The SMILES string of the molecule is COc1ccc(-c2ncc(C(=O)NCc3ccccc3)s2)cn1. The van der Waals surface area contributed by atoms with Crippen LogP contribution in [0, 0.1) is 0 Å². The summed E-state index contributed by atoms with van der Waals surface area (Å²) in [6, 6.07) is 13.4. The number of hydrogen-bond acceptors (Lipinski definition) is 5.